The fourth-order valence-electron chi connectivity index (χ4n) is 2.49. The maximum Gasteiger partial charge on any atom is 0.329 e. The SMILES string of the molecule is Cc1cc(Br)oc1C(=O)NC1(C(=O)O)CCCCC1. The van der Waals surface area contributed by atoms with E-state index < -0.39 is 17.4 Å². The number of hydrogen-bond donors (Lipinski definition) is 2. The van der Waals surface area contributed by atoms with Crippen LogP contribution >= 0.6 is 15.9 Å². The van der Waals surface area contributed by atoms with Gasteiger partial charge in [-0.05, 0) is 41.8 Å². The molecule has 0 unspecified atom stereocenters. The normalized spacial score (nSPS) is 18.0. The zero-order valence-electron chi connectivity index (χ0n) is 10.7. The van der Waals surface area contributed by atoms with Gasteiger partial charge in [0.15, 0.2) is 10.4 Å². The molecule has 1 amide bonds. The van der Waals surface area contributed by atoms with Crippen LogP contribution in [0.2, 0.25) is 0 Å². The lowest BCUT2D eigenvalue weighted by atomic mass is 9.81. The Balaban J connectivity index is 2.20. The number of furan rings is 1. The number of carboxylic acids is 1. The van der Waals surface area contributed by atoms with Crippen LogP contribution in [0, 0.1) is 6.92 Å². The lowest BCUT2D eigenvalue weighted by molar-refractivity contribution is -0.145. The van der Waals surface area contributed by atoms with Gasteiger partial charge in [-0.2, -0.15) is 0 Å². The first-order valence-electron chi connectivity index (χ1n) is 6.26. The first-order valence-corrected chi connectivity index (χ1v) is 7.06. The number of amides is 1. The first-order chi connectivity index (χ1) is 8.94. The number of hydrogen-bond acceptors (Lipinski definition) is 3. The Morgan fingerprint density at radius 1 is 1.37 bits per heavy atom. The van der Waals surface area contributed by atoms with Gasteiger partial charge in [0.2, 0.25) is 0 Å². The molecule has 1 saturated carbocycles. The van der Waals surface area contributed by atoms with Crippen molar-refractivity contribution < 1.29 is 19.1 Å². The molecular weight excluding hydrogens is 314 g/mol. The molecular formula is C13H16BrNO4. The molecule has 104 valence electrons. The van der Waals surface area contributed by atoms with Gasteiger partial charge < -0.3 is 14.8 Å². The molecule has 1 aromatic heterocycles. The van der Waals surface area contributed by atoms with Crippen LogP contribution in [0.25, 0.3) is 0 Å². The number of carbonyl (C=O) groups excluding carboxylic acids is 1. The van der Waals surface area contributed by atoms with Gasteiger partial charge in [-0.15, -0.1) is 0 Å². The molecule has 1 aromatic rings. The maximum absolute atomic E-state index is 12.2. The largest absolute Gasteiger partial charge is 0.480 e. The summed E-state index contributed by atoms with van der Waals surface area (Å²) in [5, 5.41) is 12.1. The molecule has 6 heteroatoms. The molecule has 1 aliphatic carbocycles. The summed E-state index contributed by atoms with van der Waals surface area (Å²) in [5.41, 5.74) is -0.471. The van der Waals surface area contributed by atoms with Crippen molar-refractivity contribution in [3.8, 4) is 0 Å². The van der Waals surface area contributed by atoms with Gasteiger partial charge in [-0.3, -0.25) is 4.79 Å². The van der Waals surface area contributed by atoms with Crippen molar-refractivity contribution in [1.82, 2.24) is 5.32 Å². The van der Waals surface area contributed by atoms with E-state index in [0.717, 1.165) is 19.3 Å². The highest BCUT2D eigenvalue weighted by Gasteiger charge is 2.41. The fraction of sp³-hybridized carbons (Fsp3) is 0.538. The maximum atomic E-state index is 12.2. The summed E-state index contributed by atoms with van der Waals surface area (Å²) in [7, 11) is 0. The van der Waals surface area contributed by atoms with Gasteiger partial charge in [0.05, 0.1) is 0 Å². The Morgan fingerprint density at radius 2 is 2.00 bits per heavy atom. The molecule has 2 rings (SSSR count). The van der Waals surface area contributed by atoms with Gasteiger partial charge in [-0.25, -0.2) is 4.79 Å². The van der Waals surface area contributed by atoms with Crippen LogP contribution in [0.5, 0.6) is 0 Å². The second-order valence-corrected chi connectivity index (χ2v) is 5.75. The second kappa shape index (κ2) is 5.36. The van der Waals surface area contributed by atoms with Crippen molar-refractivity contribution in [1.29, 1.82) is 0 Å². The third-order valence-electron chi connectivity index (χ3n) is 3.56. The minimum Gasteiger partial charge on any atom is -0.480 e. The van der Waals surface area contributed by atoms with E-state index in [9.17, 15) is 14.7 Å². The van der Waals surface area contributed by atoms with Gasteiger partial charge in [0.25, 0.3) is 5.91 Å². The molecule has 1 aliphatic rings. The molecule has 19 heavy (non-hydrogen) atoms. The molecule has 0 spiro atoms. The van der Waals surface area contributed by atoms with Crippen molar-refractivity contribution in [3.05, 3.63) is 22.1 Å². The van der Waals surface area contributed by atoms with E-state index in [1.54, 1.807) is 13.0 Å². The van der Waals surface area contributed by atoms with Crippen LogP contribution in [0.1, 0.15) is 48.2 Å². The van der Waals surface area contributed by atoms with Crippen LogP contribution in [-0.2, 0) is 4.79 Å². The van der Waals surface area contributed by atoms with E-state index in [-0.39, 0.29) is 5.76 Å². The van der Waals surface area contributed by atoms with Crippen molar-refractivity contribution in [2.24, 2.45) is 0 Å². The number of rotatable bonds is 3. The third kappa shape index (κ3) is 2.83. The highest BCUT2D eigenvalue weighted by molar-refractivity contribution is 9.10. The van der Waals surface area contributed by atoms with E-state index in [0.29, 0.717) is 23.1 Å². The average molecular weight is 330 g/mol. The van der Waals surface area contributed by atoms with Crippen LogP contribution < -0.4 is 5.32 Å². The monoisotopic (exact) mass is 329 g/mol. The Kier molecular flexibility index (Phi) is 3.99. The highest BCUT2D eigenvalue weighted by Crippen LogP contribution is 2.29. The zero-order valence-corrected chi connectivity index (χ0v) is 12.2. The zero-order chi connectivity index (χ0) is 14.0. The van der Waals surface area contributed by atoms with Gasteiger partial charge in [0.1, 0.15) is 5.54 Å². The molecule has 0 radical (unpaired) electrons. The van der Waals surface area contributed by atoms with Crippen LogP contribution in [0.15, 0.2) is 15.2 Å². The standard InChI is InChI=1S/C13H16BrNO4/c1-8-7-9(14)19-10(8)11(16)15-13(12(17)18)5-3-2-4-6-13/h7H,2-6H2,1H3,(H,15,16)(H,17,18). The van der Waals surface area contributed by atoms with Crippen molar-refractivity contribution in [2.75, 3.05) is 0 Å². The third-order valence-corrected chi connectivity index (χ3v) is 3.95. The number of aryl methyl sites for hydroxylation is 1. The molecule has 0 atom stereocenters. The first kappa shape index (κ1) is 14.1. The summed E-state index contributed by atoms with van der Waals surface area (Å²) in [6, 6.07) is 1.68. The molecule has 1 heterocycles. The van der Waals surface area contributed by atoms with E-state index in [2.05, 4.69) is 21.2 Å². The summed E-state index contributed by atoms with van der Waals surface area (Å²) in [6.45, 7) is 1.75. The Hall–Kier alpha value is -1.30. The highest BCUT2D eigenvalue weighted by atomic mass is 79.9. The van der Waals surface area contributed by atoms with E-state index in [1.165, 1.54) is 0 Å². The topological polar surface area (TPSA) is 79.5 Å². The number of nitrogens with one attached hydrogen (secondary N) is 1. The van der Waals surface area contributed by atoms with Gasteiger partial charge in [-0.1, -0.05) is 19.3 Å². The Labute approximate surface area is 119 Å². The summed E-state index contributed by atoms with van der Waals surface area (Å²) in [6.07, 6.45) is 3.57. The lowest BCUT2D eigenvalue weighted by Gasteiger charge is -2.33. The molecule has 5 nitrogen and oxygen atoms in total. The Bertz CT molecular complexity index is 503. The lowest BCUT2D eigenvalue weighted by Crippen LogP contribution is -2.55. The van der Waals surface area contributed by atoms with Crippen molar-refractivity contribution in [3.63, 3.8) is 0 Å². The van der Waals surface area contributed by atoms with Gasteiger partial charge >= 0.3 is 5.97 Å². The number of halogens is 1. The number of aliphatic carboxylic acids is 1. The van der Waals surface area contributed by atoms with Crippen LogP contribution in [0.4, 0.5) is 0 Å². The average Bonchev–Trinajstić information content (AvgIpc) is 2.69. The minimum absolute atomic E-state index is 0.165. The summed E-state index contributed by atoms with van der Waals surface area (Å²) < 4.78 is 5.72. The van der Waals surface area contributed by atoms with E-state index >= 15 is 0 Å². The molecule has 0 aliphatic heterocycles. The molecule has 1 fully saturated rings. The van der Waals surface area contributed by atoms with Gasteiger partial charge in [0, 0.05) is 5.56 Å². The molecule has 2 N–H and O–H groups in total. The smallest absolute Gasteiger partial charge is 0.329 e. The quantitative estimate of drug-likeness (QED) is 0.893. The summed E-state index contributed by atoms with van der Waals surface area (Å²) >= 11 is 3.16. The number of carboxylic acid groups (broad SMARTS) is 1. The molecule has 0 saturated heterocycles. The second-order valence-electron chi connectivity index (χ2n) is 4.96. The summed E-state index contributed by atoms with van der Waals surface area (Å²) in [5.74, 6) is -1.27. The van der Waals surface area contributed by atoms with E-state index in [4.69, 9.17) is 4.42 Å². The van der Waals surface area contributed by atoms with E-state index in [1.807, 2.05) is 0 Å². The van der Waals surface area contributed by atoms with Crippen molar-refractivity contribution in [2.45, 2.75) is 44.6 Å². The molecule has 0 bridgehead atoms. The predicted octanol–water partition coefficient (Wildman–Crippen LogP) is 2.87. The van der Waals surface area contributed by atoms with Crippen LogP contribution in [-0.4, -0.2) is 22.5 Å². The van der Waals surface area contributed by atoms with Crippen LogP contribution in [0.3, 0.4) is 0 Å². The fourth-order valence-corrected chi connectivity index (χ4v) is 3.00. The predicted molar refractivity (Wildman–Crippen MR) is 72.1 cm³/mol. The molecule has 0 aromatic carbocycles. The van der Waals surface area contributed by atoms with Crippen molar-refractivity contribution >= 4 is 27.8 Å². The summed E-state index contributed by atoms with van der Waals surface area (Å²) in [4.78, 5) is 23.6. The number of carbonyl (C=O) groups is 2. The minimum atomic E-state index is -1.15. The Morgan fingerprint density at radius 3 is 2.47 bits per heavy atom.